The highest BCUT2D eigenvalue weighted by atomic mass is 16.5. The van der Waals surface area contributed by atoms with Crippen LogP contribution in [0.3, 0.4) is 0 Å². The standard InChI is InChI=1S/C17H21N3O4/c1-12-3-2-4-14(18-12)24-13-7-9-19(10-8-13)17(23)11-20-15(21)5-6-16(20)22/h2-4,13H,5-11H2,1H3. The van der Waals surface area contributed by atoms with E-state index in [2.05, 4.69) is 4.98 Å². The third kappa shape index (κ3) is 3.72. The highest BCUT2D eigenvalue weighted by Gasteiger charge is 2.33. The third-order valence-corrected chi connectivity index (χ3v) is 4.39. The molecule has 2 aliphatic heterocycles. The van der Waals surface area contributed by atoms with Crippen LogP contribution in [0.1, 0.15) is 31.4 Å². The molecule has 0 spiro atoms. The molecule has 2 saturated heterocycles. The molecule has 1 aromatic rings. The number of aromatic nitrogens is 1. The van der Waals surface area contributed by atoms with Crippen LogP contribution in [0, 0.1) is 6.92 Å². The molecule has 0 unspecified atom stereocenters. The van der Waals surface area contributed by atoms with Crippen molar-refractivity contribution in [3.8, 4) is 5.88 Å². The molecule has 0 bridgehead atoms. The Bertz CT molecular complexity index is 637. The predicted molar refractivity (Wildman–Crippen MR) is 85.2 cm³/mol. The summed E-state index contributed by atoms with van der Waals surface area (Å²) in [6, 6.07) is 5.64. The number of imide groups is 1. The zero-order valence-electron chi connectivity index (χ0n) is 13.7. The zero-order chi connectivity index (χ0) is 17.1. The second-order valence-electron chi connectivity index (χ2n) is 6.19. The van der Waals surface area contributed by atoms with Crippen LogP contribution in [0.4, 0.5) is 0 Å². The fourth-order valence-electron chi connectivity index (χ4n) is 3.01. The number of nitrogens with zero attached hydrogens (tertiary/aromatic N) is 3. The average Bonchev–Trinajstić information content (AvgIpc) is 2.87. The van der Waals surface area contributed by atoms with Crippen LogP contribution in [0.15, 0.2) is 18.2 Å². The van der Waals surface area contributed by atoms with Gasteiger partial charge in [-0.2, -0.15) is 0 Å². The molecule has 2 aliphatic rings. The Hall–Kier alpha value is -2.44. The fourth-order valence-corrected chi connectivity index (χ4v) is 3.01. The van der Waals surface area contributed by atoms with Gasteiger partial charge in [0, 0.05) is 50.5 Å². The number of amides is 3. The van der Waals surface area contributed by atoms with Gasteiger partial charge in [0.25, 0.3) is 0 Å². The number of ether oxygens (including phenoxy) is 1. The van der Waals surface area contributed by atoms with Crippen molar-refractivity contribution in [3.63, 3.8) is 0 Å². The van der Waals surface area contributed by atoms with E-state index in [9.17, 15) is 14.4 Å². The molecule has 128 valence electrons. The van der Waals surface area contributed by atoms with E-state index in [4.69, 9.17) is 4.74 Å². The maximum Gasteiger partial charge on any atom is 0.242 e. The number of hydrogen-bond donors (Lipinski definition) is 0. The van der Waals surface area contributed by atoms with Crippen molar-refractivity contribution in [2.75, 3.05) is 19.6 Å². The SMILES string of the molecule is Cc1cccc(OC2CCN(C(=O)CN3C(=O)CCC3=O)CC2)n1. The average molecular weight is 331 g/mol. The molecule has 7 nitrogen and oxygen atoms in total. The topological polar surface area (TPSA) is 79.8 Å². The molecule has 0 aromatic carbocycles. The molecule has 1 aromatic heterocycles. The van der Waals surface area contributed by atoms with Gasteiger partial charge in [-0.15, -0.1) is 0 Å². The van der Waals surface area contributed by atoms with E-state index in [0.717, 1.165) is 10.6 Å². The summed E-state index contributed by atoms with van der Waals surface area (Å²) in [5.74, 6) is -0.0760. The Labute approximate surface area is 140 Å². The first-order chi connectivity index (χ1) is 11.5. The van der Waals surface area contributed by atoms with Crippen LogP contribution in [0.25, 0.3) is 0 Å². The van der Waals surface area contributed by atoms with Gasteiger partial charge in [0.2, 0.25) is 23.6 Å². The first-order valence-corrected chi connectivity index (χ1v) is 8.24. The van der Waals surface area contributed by atoms with Crippen molar-refractivity contribution in [1.82, 2.24) is 14.8 Å². The quantitative estimate of drug-likeness (QED) is 0.766. The summed E-state index contributed by atoms with van der Waals surface area (Å²) in [5, 5.41) is 0. The Kier molecular flexibility index (Phi) is 4.78. The van der Waals surface area contributed by atoms with E-state index in [1.165, 1.54) is 0 Å². The Balaban J connectivity index is 1.48. The highest BCUT2D eigenvalue weighted by Crippen LogP contribution is 2.18. The first-order valence-electron chi connectivity index (χ1n) is 8.24. The van der Waals surface area contributed by atoms with Crippen LogP contribution in [0.5, 0.6) is 5.88 Å². The minimum atomic E-state index is -0.253. The summed E-state index contributed by atoms with van der Waals surface area (Å²) in [7, 11) is 0. The number of hydrogen-bond acceptors (Lipinski definition) is 5. The Morgan fingerprint density at radius 1 is 1.21 bits per heavy atom. The van der Waals surface area contributed by atoms with Crippen molar-refractivity contribution in [1.29, 1.82) is 0 Å². The molecular weight excluding hydrogens is 310 g/mol. The monoisotopic (exact) mass is 331 g/mol. The van der Waals surface area contributed by atoms with E-state index < -0.39 is 0 Å². The summed E-state index contributed by atoms with van der Waals surface area (Å²) in [6.07, 6.45) is 1.88. The van der Waals surface area contributed by atoms with Crippen LogP contribution >= 0.6 is 0 Å². The van der Waals surface area contributed by atoms with Gasteiger partial charge in [-0.25, -0.2) is 4.98 Å². The summed E-state index contributed by atoms with van der Waals surface area (Å²) < 4.78 is 5.86. The summed E-state index contributed by atoms with van der Waals surface area (Å²) in [4.78, 5) is 42.6. The smallest absolute Gasteiger partial charge is 0.242 e. The molecule has 0 atom stereocenters. The number of rotatable bonds is 4. The van der Waals surface area contributed by atoms with E-state index in [-0.39, 0.29) is 43.2 Å². The molecule has 24 heavy (non-hydrogen) atoms. The molecule has 0 radical (unpaired) electrons. The van der Waals surface area contributed by atoms with Crippen LogP contribution < -0.4 is 4.74 Å². The minimum absolute atomic E-state index is 0.0263. The van der Waals surface area contributed by atoms with Gasteiger partial charge in [-0.1, -0.05) is 6.07 Å². The lowest BCUT2D eigenvalue weighted by molar-refractivity contribution is -0.146. The molecule has 3 amide bonds. The largest absolute Gasteiger partial charge is 0.474 e. The summed E-state index contributed by atoms with van der Waals surface area (Å²) in [6.45, 7) is 2.90. The lowest BCUT2D eigenvalue weighted by atomic mass is 10.1. The van der Waals surface area contributed by atoms with Gasteiger partial charge in [0.15, 0.2) is 0 Å². The summed E-state index contributed by atoms with van der Waals surface area (Å²) >= 11 is 0. The number of aryl methyl sites for hydroxylation is 1. The van der Waals surface area contributed by atoms with Crippen LogP contribution in [-0.2, 0) is 14.4 Å². The van der Waals surface area contributed by atoms with Gasteiger partial charge in [-0.3, -0.25) is 19.3 Å². The third-order valence-electron chi connectivity index (χ3n) is 4.39. The molecule has 0 N–H and O–H groups in total. The second-order valence-corrected chi connectivity index (χ2v) is 6.19. The van der Waals surface area contributed by atoms with Gasteiger partial charge in [0.1, 0.15) is 12.6 Å². The van der Waals surface area contributed by atoms with Crippen LogP contribution in [-0.4, -0.2) is 58.2 Å². The molecule has 0 aliphatic carbocycles. The maximum atomic E-state index is 12.3. The van der Waals surface area contributed by atoms with E-state index in [1.807, 2.05) is 25.1 Å². The number of carbonyl (C=O) groups excluding carboxylic acids is 3. The van der Waals surface area contributed by atoms with E-state index >= 15 is 0 Å². The lowest BCUT2D eigenvalue weighted by Crippen LogP contribution is -2.47. The lowest BCUT2D eigenvalue weighted by Gasteiger charge is -2.32. The van der Waals surface area contributed by atoms with Gasteiger partial charge >= 0.3 is 0 Å². The molecule has 2 fully saturated rings. The number of carbonyl (C=O) groups is 3. The normalized spacial score (nSPS) is 19.0. The van der Waals surface area contributed by atoms with Crippen molar-refractivity contribution in [3.05, 3.63) is 23.9 Å². The molecule has 7 heteroatoms. The molecule has 3 heterocycles. The number of likely N-dealkylation sites (tertiary alicyclic amines) is 2. The first kappa shape index (κ1) is 16.4. The molecule has 3 rings (SSSR count). The molecular formula is C17H21N3O4. The number of piperidine rings is 1. The van der Waals surface area contributed by atoms with E-state index in [1.54, 1.807) is 4.90 Å². The summed E-state index contributed by atoms with van der Waals surface area (Å²) in [5.41, 5.74) is 0.903. The maximum absolute atomic E-state index is 12.3. The van der Waals surface area contributed by atoms with E-state index in [0.29, 0.717) is 31.8 Å². The van der Waals surface area contributed by atoms with Gasteiger partial charge < -0.3 is 9.64 Å². The Morgan fingerprint density at radius 2 is 1.88 bits per heavy atom. The highest BCUT2D eigenvalue weighted by molar-refractivity contribution is 6.04. The fraction of sp³-hybridized carbons (Fsp3) is 0.529. The molecule has 0 saturated carbocycles. The van der Waals surface area contributed by atoms with Crippen LogP contribution in [0.2, 0.25) is 0 Å². The number of pyridine rings is 1. The zero-order valence-corrected chi connectivity index (χ0v) is 13.7. The van der Waals surface area contributed by atoms with Crippen molar-refractivity contribution >= 4 is 17.7 Å². The Morgan fingerprint density at radius 3 is 2.50 bits per heavy atom. The van der Waals surface area contributed by atoms with Crippen molar-refractivity contribution in [2.45, 2.75) is 38.7 Å². The minimum Gasteiger partial charge on any atom is -0.474 e. The van der Waals surface area contributed by atoms with Gasteiger partial charge in [0.05, 0.1) is 0 Å². The predicted octanol–water partition coefficient (Wildman–Crippen LogP) is 0.909. The van der Waals surface area contributed by atoms with Gasteiger partial charge in [-0.05, 0) is 13.0 Å². The second kappa shape index (κ2) is 6.98. The van der Waals surface area contributed by atoms with Crippen molar-refractivity contribution < 1.29 is 19.1 Å². The van der Waals surface area contributed by atoms with Crippen molar-refractivity contribution in [2.24, 2.45) is 0 Å².